The maximum atomic E-state index is 9.12. The van der Waals surface area contributed by atoms with Gasteiger partial charge in [-0.05, 0) is 6.42 Å². The molecule has 1 rings (SSSR count). The summed E-state index contributed by atoms with van der Waals surface area (Å²) in [5, 5.41) is 9.12. The van der Waals surface area contributed by atoms with E-state index in [0.717, 1.165) is 19.5 Å². The minimum Gasteiger partial charge on any atom is -0.356 e. The Bertz CT molecular complexity index is 97.6. The van der Waals surface area contributed by atoms with Crippen molar-refractivity contribution in [2.24, 2.45) is 0 Å². The first kappa shape index (κ1) is 7.98. The summed E-state index contributed by atoms with van der Waals surface area (Å²) in [6.45, 7) is 4.65. The second kappa shape index (κ2) is 3.91. The molecule has 0 aromatic carbocycles. The summed E-state index contributed by atoms with van der Waals surface area (Å²) in [5.74, 6) is 0. The minimum absolute atomic E-state index is 0.633. The molecule has 1 heterocycles. The number of unbranched alkanes of at least 4 members (excludes halogenated alkanes) is 1. The lowest BCUT2D eigenvalue weighted by Crippen LogP contribution is -2.30. The molecule has 1 atom stereocenters. The lowest BCUT2D eigenvalue weighted by molar-refractivity contribution is -0.133. The Morgan fingerprint density at radius 2 is 2.50 bits per heavy atom. The molecule has 0 radical (unpaired) electrons. The molecule has 1 aliphatic heterocycles. The van der Waals surface area contributed by atoms with Crippen LogP contribution in [0.4, 0.5) is 0 Å². The fraction of sp³-hybridized carbons (Fsp3) is 1.00. The molecule has 0 bridgehead atoms. The van der Waals surface area contributed by atoms with Crippen molar-refractivity contribution in [3.63, 3.8) is 0 Å². The van der Waals surface area contributed by atoms with Gasteiger partial charge in [0.25, 0.3) is 0 Å². The van der Waals surface area contributed by atoms with Crippen molar-refractivity contribution in [1.82, 2.24) is 4.90 Å². The standard InChI is InChI=1S/C7H15NO2/c1-2-3-4-8-5-6-10-7(8)9/h7,9H,2-6H2,1H3. The molecule has 1 saturated heterocycles. The van der Waals surface area contributed by atoms with E-state index >= 15 is 0 Å². The van der Waals surface area contributed by atoms with Gasteiger partial charge in [-0.25, -0.2) is 0 Å². The van der Waals surface area contributed by atoms with Crippen molar-refractivity contribution < 1.29 is 9.84 Å². The summed E-state index contributed by atoms with van der Waals surface area (Å²) in [6, 6.07) is 0. The smallest absolute Gasteiger partial charge is 0.216 e. The number of hydrogen-bond donors (Lipinski definition) is 1. The van der Waals surface area contributed by atoms with Gasteiger partial charge in [-0.2, -0.15) is 0 Å². The van der Waals surface area contributed by atoms with Crippen molar-refractivity contribution in [3.8, 4) is 0 Å². The van der Waals surface area contributed by atoms with Gasteiger partial charge in [0.05, 0.1) is 6.61 Å². The van der Waals surface area contributed by atoms with Crippen LogP contribution in [0.25, 0.3) is 0 Å². The normalized spacial score (nSPS) is 27.6. The number of hydrogen-bond acceptors (Lipinski definition) is 3. The van der Waals surface area contributed by atoms with Crippen LogP contribution in [0.3, 0.4) is 0 Å². The molecule has 0 spiro atoms. The van der Waals surface area contributed by atoms with Gasteiger partial charge in [0.2, 0.25) is 6.41 Å². The fourth-order valence-corrected chi connectivity index (χ4v) is 1.07. The van der Waals surface area contributed by atoms with Crippen molar-refractivity contribution in [3.05, 3.63) is 0 Å². The molecule has 0 saturated carbocycles. The van der Waals surface area contributed by atoms with E-state index < -0.39 is 6.41 Å². The number of rotatable bonds is 3. The van der Waals surface area contributed by atoms with Crippen LogP contribution in [0.1, 0.15) is 19.8 Å². The molecular weight excluding hydrogens is 130 g/mol. The molecule has 0 aromatic heterocycles. The Morgan fingerprint density at radius 3 is 3.00 bits per heavy atom. The SMILES string of the molecule is CCCCN1CCOC1O. The zero-order valence-corrected chi connectivity index (χ0v) is 6.42. The second-order valence-corrected chi connectivity index (χ2v) is 2.59. The van der Waals surface area contributed by atoms with Crippen LogP contribution >= 0.6 is 0 Å². The summed E-state index contributed by atoms with van der Waals surface area (Å²) >= 11 is 0. The highest BCUT2D eigenvalue weighted by atomic mass is 16.6. The van der Waals surface area contributed by atoms with Crippen molar-refractivity contribution >= 4 is 0 Å². The number of nitrogens with zero attached hydrogens (tertiary/aromatic N) is 1. The summed E-state index contributed by atoms with van der Waals surface area (Å²) in [5.41, 5.74) is 0. The highest BCUT2D eigenvalue weighted by Gasteiger charge is 2.21. The molecule has 1 aliphatic rings. The monoisotopic (exact) mass is 145 g/mol. The quantitative estimate of drug-likeness (QED) is 0.623. The lowest BCUT2D eigenvalue weighted by Gasteiger charge is -2.16. The Morgan fingerprint density at radius 1 is 1.70 bits per heavy atom. The molecule has 0 aromatic rings. The molecular formula is C7H15NO2. The topological polar surface area (TPSA) is 32.7 Å². The molecule has 60 valence electrons. The third-order valence-corrected chi connectivity index (χ3v) is 1.76. The average Bonchev–Trinajstić information content (AvgIpc) is 2.31. The zero-order valence-electron chi connectivity index (χ0n) is 6.42. The Balaban J connectivity index is 2.14. The van der Waals surface area contributed by atoms with Crippen LogP contribution in [0.5, 0.6) is 0 Å². The summed E-state index contributed by atoms with van der Waals surface area (Å²) in [7, 11) is 0. The van der Waals surface area contributed by atoms with Crippen LogP contribution in [-0.2, 0) is 4.74 Å². The average molecular weight is 145 g/mol. The number of aliphatic hydroxyl groups is 1. The predicted octanol–water partition coefficient (Wildman–Crippen LogP) is 0.395. The van der Waals surface area contributed by atoms with Gasteiger partial charge in [-0.15, -0.1) is 0 Å². The first-order valence-electron chi connectivity index (χ1n) is 3.88. The van der Waals surface area contributed by atoms with E-state index in [0.29, 0.717) is 6.61 Å². The molecule has 1 fully saturated rings. The predicted molar refractivity (Wildman–Crippen MR) is 38.4 cm³/mol. The van der Waals surface area contributed by atoms with Gasteiger partial charge in [-0.1, -0.05) is 13.3 Å². The molecule has 1 N–H and O–H groups in total. The zero-order chi connectivity index (χ0) is 7.40. The molecule has 0 amide bonds. The van der Waals surface area contributed by atoms with Crippen molar-refractivity contribution in [1.29, 1.82) is 0 Å². The van der Waals surface area contributed by atoms with Gasteiger partial charge in [0.15, 0.2) is 0 Å². The Kier molecular flexibility index (Phi) is 3.12. The second-order valence-electron chi connectivity index (χ2n) is 2.59. The molecule has 3 nitrogen and oxygen atoms in total. The van der Waals surface area contributed by atoms with Crippen LogP contribution in [-0.4, -0.2) is 36.1 Å². The number of ether oxygens (including phenoxy) is 1. The van der Waals surface area contributed by atoms with Crippen LogP contribution in [0, 0.1) is 0 Å². The lowest BCUT2D eigenvalue weighted by atomic mass is 10.3. The van der Waals surface area contributed by atoms with E-state index in [1.165, 1.54) is 6.42 Å². The highest BCUT2D eigenvalue weighted by Crippen LogP contribution is 2.07. The highest BCUT2D eigenvalue weighted by molar-refractivity contribution is 4.60. The van der Waals surface area contributed by atoms with Gasteiger partial charge >= 0.3 is 0 Å². The molecule has 10 heavy (non-hydrogen) atoms. The molecule has 1 unspecified atom stereocenters. The third kappa shape index (κ3) is 1.94. The van der Waals surface area contributed by atoms with E-state index in [2.05, 4.69) is 6.92 Å². The van der Waals surface area contributed by atoms with E-state index in [1.807, 2.05) is 4.90 Å². The maximum Gasteiger partial charge on any atom is 0.216 e. The van der Waals surface area contributed by atoms with Crippen LogP contribution in [0.15, 0.2) is 0 Å². The van der Waals surface area contributed by atoms with E-state index in [4.69, 9.17) is 9.84 Å². The maximum absolute atomic E-state index is 9.12. The van der Waals surface area contributed by atoms with E-state index in [1.54, 1.807) is 0 Å². The van der Waals surface area contributed by atoms with Crippen molar-refractivity contribution in [2.45, 2.75) is 26.2 Å². The third-order valence-electron chi connectivity index (χ3n) is 1.76. The summed E-state index contributed by atoms with van der Waals surface area (Å²) in [6.07, 6.45) is 1.68. The number of aliphatic hydroxyl groups excluding tert-OH is 1. The van der Waals surface area contributed by atoms with Gasteiger partial charge in [0.1, 0.15) is 0 Å². The molecule has 3 heteroatoms. The fourth-order valence-electron chi connectivity index (χ4n) is 1.07. The first-order valence-corrected chi connectivity index (χ1v) is 3.88. The Labute approximate surface area is 61.6 Å². The summed E-state index contributed by atoms with van der Waals surface area (Å²) < 4.78 is 4.94. The van der Waals surface area contributed by atoms with Crippen LogP contribution < -0.4 is 0 Å². The summed E-state index contributed by atoms with van der Waals surface area (Å²) in [4.78, 5) is 1.95. The van der Waals surface area contributed by atoms with Crippen LogP contribution in [0.2, 0.25) is 0 Å². The molecule has 0 aliphatic carbocycles. The Hall–Kier alpha value is -0.120. The van der Waals surface area contributed by atoms with Crippen molar-refractivity contribution in [2.75, 3.05) is 19.7 Å². The first-order chi connectivity index (χ1) is 4.84. The minimum atomic E-state index is -0.633. The van der Waals surface area contributed by atoms with E-state index in [-0.39, 0.29) is 0 Å². The van der Waals surface area contributed by atoms with Gasteiger partial charge in [-0.3, -0.25) is 4.90 Å². The largest absolute Gasteiger partial charge is 0.356 e. The van der Waals surface area contributed by atoms with Gasteiger partial charge < -0.3 is 9.84 Å². The van der Waals surface area contributed by atoms with Gasteiger partial charge in [0, 0.05) is 13.1 Å². The van der Waals surface area contributed by atoms with E-state index in [9.17, 15) is 0 Å².